The van der Waals surface area contributed by atoms with Crippen molar-refractivity contribution >= 4 is 27.3 Å². The summed E-state index contributed by atoms with van der Waals surface area (Å²) in [7, 11) is -3.82. The van der Waals surface area contributed by atoms with Crippen LogP contribution in [0.25, 0.3) is 11.4 Å². The van der Waals surface area contributed by atoms with Gasteiger partial charge in [0.05, 0.1) is 5.69 Å². The summed E-state index contributed by atoms with van der Waals surface area (Å²) in [4.78, 5) is 4.01. The zero-order valence-electron chi connectivity index (χ0n) is 15.4. The standard InChI is InChI=1S/C19H20ClN5O2S/c1-13-11-14(12-21-18(13)20)28(26,27)24-16-8-5-4-7-15(16)19-23-22-17-9-3-2-6-10-25(17)19/h4-5,7-8,11-12,24H,2-3,6,9-10H2,1H3. The van der Waals surface area contributed by atoms with Crippen molar-refractivity contribution in [2.75, 3.05) is 4.72 Å². The Kier molecular flexibility index (Phi) is 5.07. The van der Waals surface area contributed by atoms with Gasteiger partial charge in [-0.05, 0) is 43.5 Å². The first kappa shape index (κ1) is 18.9. The summed E-state index contributed by atoms with van der Waals surface area (Å²) in [6, 6.07) is 8.72. The predicted molar refractivity (Wildman–Crippen MR) is 108 cm³/mol. The molecule has 0 fully saturated rings. The smallest absolute Gasteiger partial charge is 0.263 e. The molecule has 1 N–H and O–H groups in total. The molecular formula is C19H20ClN5O2S. The van der Waals surface area contributed by atoms with Crippen molar-refractivity contribution in [3.05, 3.63) is 53.1 Å². The number of rotatable bonds is 4. The van der Waals surface area contributed by atoms with Crippen LogP contribution in [0.3, 0.4) is 0 Å². The lowest BCUT2D eigenvalue weighted by atomic mass is 10.1. The topological polar surface area (TPSA) is 89.8 Å². The van der Waals surface area contributed by atoms with Crippen LogP contribution in [0, 0.1) is 6.92 Å². The Morgan fingerprint density at radius 2 is 1.96 bits per heavy atom. The molecule has 1 aliphatic rings. The van der Waals surface area contributed by atoms with E-state index in [0.29, 0.717) is 22.6 Å². The van der Waals surface area contributed by atoms with Gasteiger partial charge in [-0.25, -0.2) is 13.4 Å². The maximum atomic E-state index is 12.9. The maximum absolute atomic E-state index is 12.9. The molecule has 146 valence electrons. The van der Waals surface area contributed by atoms with E-state index in [1.54, 1.807) is 19.1 Å². The van der Waals surface area contributed by atoms with Crippen molar-refractivity contribution < 1.29 is 8.42 Å². The second-order valence-corrected chi connectivity index (χ2v) is 8.87. The van der Waals surface area contributed by atoms with Crippen LogP contribution >= 0.6 is 11.6 Å². The van der Waals surface area contributed by atoms with Gasteiger partial charge in [0.25, 0.3) is 10.0 Å². The fraction of sp³-hybridized carbons (Fsp3) is 0.316. The number of hydrogen-bond acceptors (Lipinski definition) is 5. The molecule has 9 heteroatoms. The van der Waals surface area contributed by atoms with Gasteiger partial charge in [0, 0.05) is 24.7 Å². The SMILES string of the molecule is Cc1cc(S(=O)(=O)Nc2ccccc2-c2nnc3n2CCCCC3)cnc1Cl. The van der Waals surface area contributed by atoms with E-state index in [1.165, 1.54) is 12.3 Å². The first-order chi connectivity index (χ1) is 13.5. The highest BCUT2D eigenvalue weighted by Gasteiger charge is 2.22. The summed E-state index contributed by atoms with van der Waals surface area (Å²) in [6.07, 6.45) is 5.44. The summed E-state index contributed by atoms with van der Waals surface area (Å²) in [5, 5.41) is 8.95. The van der Waals surface area contributed by atoms with Gasteiger partial charge in [-0.3, -0.25) is 4.72 Å². The summed E-state index contributed by atoms with van der Waals surface area (Å²) in [5.74, 6) is 1.63. The summed E-state index contributed by atoms with van der Waals surface area (Å²) >= 11 is 5.92. The minimum atomic E-state index is -3.82. The average molecular weight is 418 g/mol. The second-order valence-electron chi connectivity index (χ2n) is 6.83. The molecule has 0 saturated heterocycles. The molecule has 7 nitrogen and oxygen atoms in total. The number of nitrogens with one attached hydrogen (secondary N) is 1. The third-order valence-corrected chi connectivity index (χ3v) is 6.55. The quantitative estimate of drug-likeness (QED) is 0.651. The van der Waals surface area contributed by atoms with E-state index in [-0.39, 0.29) is 10.0 Å². The lowest BCUT2D eigenvalue weighted by Crippen LogP contribution is -2.15. The highest BCUT2D eigenvalue weighted by Crippen LogP contribution is 2.30. The van der Waals surface area contributed by atoms with Gasteiger partial charge >= 0.3 is 0 Å². The molecule has 0 radical (unpaired) electrons. The number of para-hydroxylation sites is 1. The number of halogens is 1. The maximum Gasteiger partial charge on any atom is 0.263 e. The van der Waals surface area contributed by atoms with Crippen molar-refractivity contribution in [2.45, 2.75) is 44.0 Å². The monoisotopic (exact) mass is 417 g/mol. The van der Waals surface area contributed by atoms with Crippen molar-refractivity contribution in [3.8, 4) is 11.4 Å². The zero-order chi connectivity index (χ0) is 19.7. The number of nitrogens with zero attached hydrogens (tertiary/aromatic N) is 4. The number of hydrogen-bond donors (Lipinski definition) is 1. The number of pyridine rings is 1. The Morgan fingerprint density at radius 3 is 2.79 bits per heavy atom. The third-order valence-electron chi connectivity index (χ3n) is 4.82. The predicted octanol–water partition coefficient (Wildman–Crippen LogP) is 3.83. The van der Waals surface area contributed by atoms with Gasteiger partial charge in [-0.1, -0.05) is 30.2 Å². The van der Waals surface area contributed by atoms with Gasteiger partial charge < -0.3 is 4.57 Å². The fourth-order valence-electron chi connectivity index (χ4n) is 3.33. The summed E-state index contributed by atoms with van der Waals surface area (Å²) in [6.45, 7) is 2.55. The van der Waals surface area contributed by atoms with Crippen LogP contribution in [-0.2, 0) is 23.0 Å². The van der Waals surface area contributed by atoms with Gasteiger partial charge in [0.2, 0.25) is 0 Å². The van der Waals surface area contributed by atoms with Crippen LogP contribution in [0.5, 0.6) is 0 Å². The van der Waals surface area contributed by atoms with E-state index in [4.69, 9.17) is 11.6 Å². The van der Waals surface area contributed by atoms with E-state index >= 15 is 0 Å². The number of aromatic nitrogens is 4. The van der Waals surface area contributed by atoms with Gasteiger partial charge in [-0.2, -0.15) is 0 Å². The molecule has 0 atom stereocenters. The highest BCUT2D eigenvalue weighted by molar-refractivity contribution is 7.92. The van der Waals surface area contributed by atoms with Crippen molar-refractivity contribution in [1.82, 2.24) is 19.7 Å². The van der Waals surface area contributed by atoms with Crippen LogP contribution in [-0.4, -0.2) is 28.2 Å². The van der Waals surface area contributed by atoms with E-state index in [1.807, 2.05) is 12.1 Å². The second kappa shape index (κ2) is 7.52. The van der Waals surface area contributed by atoms with Gasteiger partial charge in [-0.15, -0.1) is 10.2 Å². The Balaban J connectivity index is 1.73. The molecule has 0 aliphatic carbocycles. The Bertz CT molecular complexity index is 1130. The van der Waals surface area contributed by atoms with Gasteiger partial charge in [0.1, 0.15) is 15.9 Å². The number of benzene rings is 1. The zero-order valence-corrected chi connectivity index (χ0v) is 17.0. The van der Waals surface area contributed by atoms with E-state index < -0.39 is 10.0 Å². The number of sulfonamides is 1. The molecule has 0 amide bonds. The molecule has 0 saturated carbocycles. The lowest BCUT2D eigenvalue weighted by Gasteiger charge is -2.14. The van der Waals surface area contributed by atoms with Crippen LogP contribution < -0.4 is 4.72 Å². The minimum absolute atomic E-state index is 0.0595. The molecule has 0 unspecified atom stereocenters. The molecule has 3 heterocycles. The third kappa shape index (κ3) is 3.62. The highest BCUT2D eigenvalue weighted by atomic mass is 35.5. The average Bonchev–Trinajstić information content (AvgIpc) is 2.92. The molecule has 1 aromatic carbocycles. The van der Waals surface area contributed by atoms with Crippen molar-refractivity contribution in [2.24, 2.45) is 0 Å². The van der Waals surface area contributed by atoms with Crippen molar-refractivity contribution in [1.29, 1.82) is 0 Å². The molecule has 1 aliphatic heterocycles. The normalized spacial score (nSPS) is 14.4. The number of anilines is 1. The van der Waals surface area contributed by atoms with E-state index in [2.05, 4.69) is 24.5 Å². The number of aryl methyl sites for hydroxylation is 2. The first-order valence-corrected chi connectivity index (χ1v) is 11.0. The van der Waals surface area contributed by atoms with E-state index in [9.17, 15) is 8.42 Å². The molecule has 2 aromatic heterocycles. The molecule has 28 heavy (non-hydrogen) atoms. The fourth-order valence-corrected chi connectivity index (χ4v) is 4.55. The molecule has 4 rings (SSSR count). The minimum Gasteiger partial charge on any atom is -0.311 e. The largest absolute Gasteiger partial charge is 0.311 e. The number of fused-ring (bicyclic) bond motifs is 1. The van der Waals surface area contributed by atoms with E-state index in [0.717, 1.165) is 38.1 Å². The Morgan fingerprint density at radius 1 is 1.14 bits per heavy atom. The molecule has 3 aromatic rings. The summed E-state index contributed by atoms with van der Waals surface area (Å²) < 4.78 is 30.5. The van der Waals surface area contributed by atoms with Crippen LogP contribution in [0.15, 0.2) is 41.4 Å². The van der Waals surface area contributed by atoms with Crippen molar-refractivity contribution in [3.63, 3.8) is 0 Å². The van der Waals surface area contributed by atoms with Gasteiger partial charge in [0.15, 0.2) is 5.82 Å². The first-order valence-electron chi connectivity index (χ1n) is 9.12. The van der Waals surface area contributed by atoms with Crippen LogP contribution in [0.2, 0.25) is 5.15 Å². The van der Waals surface area contributed by atoms with Crippen LogP contribution in [0.4, 0.5) is 5.69 Å². The summed E-state index contributed by atoms with van der Waals surface area (Å²) in [5.41, 5.74) is 1.75. The molecule has 0 spiro atoms. The van der Waals surface area contributed by atoms with Crippen LogP contribution in [0.1, 0.15) is 30.7 Å². The molecule has 0 bridgehead atoms. The lowest BCUT2D eigenvalue weighted by molar-refractivity contribution is 0.600. The Hall–Kier alpha value is -2.45. The molecular weight excluding hydrogens is 398 g/mol. The Labute approximate surface area is 168 Å².